The predicted octanol–water partition coefficient (Wildman–Crippen LogP) is 3.51. The number of carbonyl (C=O) groups excluding carboxylic acids is 1. The van der Waals surface area contributed by atoms with Gasteiger partial charge in [0.25, 0.3) is 5.91 Å². The molecule has 118 valence electrons. The molecule has 1 N–H and O–H groups in total. The van der Waals surface area contributed by atoms with Gasteiger partial charge in [-0.3, -0.25) is 4.79 Å². The van der Waals surface area contributed by atoms with Gasteiger partial charge in [0.15, 0.2) is 0 Å². The zero-order valence-electron chi connectivity index (χ0n) is 11.9. The Morgan fingerprint density at radius 2 is 2.00 bits per heavy atom. The largest absolute Gasteiger partial charge is 0.352 e. The molecule has 0 saturated carbocycles. The molecule has 1 heterocycles. The molecule has 6 heteroatoms. The van der Waals surface area contributed by atoms with Crippen molar-refractivity contribution >= 4 is 29.9 Å². The van der Waals surface area contributed by atoms with E-state index in [4.69, 9.17) is 11.6 Å². The van der Waals surface area contributed by atoms with Crippen LogP contribution in [0, 0.1) is 5.82 Å². The van der Waals surface area contributed by atoms with Crippen molar-refractivity contribution in [2.24, 2.45) is 0 Å². The van der Waals surface area contributed by atoms with Crippen LogP contribution in [0.15, 0.2) is 18.2 Å². The van der Waals surface area contributed by atoms with E-state index in [2.05, 4.69) is 10.2 Å². The van der Waals surface area contributed by atoms with E-state index in [1.54, 1.807) is 0 Å². The molecule has 3 nitrogen and oxygen atoms in total. The van der Waals surface area contributed by atoms with Crippen molar-refractivity contribution in [1.82, 2.24) is 10.2 Å². The number of amides is 1. The van der Waals surface area contributed by atoms with Crippen molar-refractivity contribution < 1.29 is 9.18 Å². The van der Waals surface area contributed by atoms with E-state index in [0.29, 0.717) is 12.1 Å². The first kappa shape index (κ1) is 18.2. The summed E-state index contributed by atoms with van der Waals surface area (Å²) in [5, 5.41) is 2.97. The molecule has 0 bridgehead atoms. The molecule has 1 aromatic carbocycles. The Labute approximate surface area is 136 Å². The lowest BCUT2D eigenvalue weighted by atomic mass is 10.2. The fraction of sp³-hybridized carbons (Fsp3) is 0.533. The summed E-state index contributed by atoms with van der Waals surface area (Å²) in [6, 6.07) is 3.81. The van der Waals surface area contributed by atoms with Crippen LogP contribution in [0.4, 0.5) is 4.39 Å². The van der Waals surface area contributed by atoms with Crippen molar-refractivity contribution in [3.63, 3.8) is 0 Å². The summed E-state index contributed by atoms with van der Waals surface area (Å²) in [5.74, 6) is -0.673. The van der Waals surface area contributed by atoms with Gasteiger partial charge in [0.2, 0.25) is 0 Å². The number of likely N-dealkylation sites (tertiary alicyclic amines) is 1. The van der Waals surface area contributed by atoms with Gasteiger partial charge in [-0.05, 0) is 63.5 Å². The molecule has 0 atom stereocenters. The molecule has 2 rings (SSSR count). The van der Waals surface area contributed by atoms with Gasteiger partial charge in [0.05, 0.1) is 10.6 Å². The third-order valence-corrected chi connectivity index (χ3v) is 3.87. The lowest BCUT2D eigenvalue weighted by molar-refractivity contribution is 0.0953. The summed E-state index contributed by atoms with van der Waals surface area (Å²) < 4.78 is 12.9. The highest BCUT2D eigenvalue weighted by Crippen LogP contribution is 2.17. The first-order valence-electron chi connectivity index (χ1n) is 7.12. The van der Waals surface area contributed by atoms with Crippen LogP contribution in [-0.2, 0) is 0 Å². The number of nitrogens with one attached hydrogen (secondary N) is 1. The molecule has 0 spiro atoms. The van der Waals surface area contributed by atoms with Gasteiger partial charge < -0.3 is 10.2 Å². The molecule has 0 radical (unpaired) electrons. The highest BCUT2D eigenvalue weighted by molar-refractivity contribution is 6.33. The first-order valence-corrected chi connectivity index (χ1v) is 7.50. The summed E-state index contributed by atoms with van der Waals surface area (Å²) in [6.07, 6.45) is 4.64. The van der Waals surface area contributed by atoms with E-state index in [1.807, 2.05) is 0 Å². The van der Waals surface area contributed by atoms with Crippen LogP contribution in [0.25, 0.3) is 0 Å². The number of carbonyl (C=O) groups is 1. The normalized spacial score (nSPS) is 14.8. The van der Waals surface area contributed by atoms with Crippen molar-refractivity contribution in [2.75, 3.05) is 26.2 Å². The zero-order valence-corrected chi connectivity index (χ0v) is 13.5. The zero-order chi connectivity index (χ0) is 14.4. The highest BCUT2D eigenvalue weighted by atomic mass is 35.5. The number of rotatable bonds is 6. The van der Waals surface area contributed by atoms with E-state index in [0.717, 1.165) is 25.5 Å². The molecule has 21 heavy (non-hydrogen) atoms. The smallest absolute Gasteiger partial charge is 0.252 e. The molecular weight excluding hydrogens is 314 g/mol. The molecular formula is C15H21Cl2FN2O. The van der Waals surface area contributed by atoms with Gasteiger partial charge in [-0.1, -0.05) is 11.6 Å². The Kier molecular flexibility index (Phi) is 8.01. The number of benzene rings is 1. The second-order valence-electron chi connectivity index (χ2n) is 5.14. The molecule has 1 aliphatic heterocycles. The topological polar surface area (TPSA) is 32.3 Å². The maximum atomic E-state index is 12.9. The van der Waals surface area contributed by atoms with E-state index in [1.165, 1.54) is 38.1 Å². The Morgan fingerprint density at radius 1 is 1.29 bits per heavy atom. The molecule has 0 aromatic heterocycles. The van der Waals surface area contributed by atoms with Crippen LogP contribution < -0.4 is 5.32 Å². The van der Waals surface area contributed by atoms with Crippen LogP contribution in [0.1, 0.15) is 36.0 Å². The fourth-order valence-corrected chi connectivity index (χ4v) is 2.69. The lowest BCUT2D eigenvalue weighted by Gasteiger charge is -2.14. The van der Waals surface area contributed by atoms with Gasteiger partial charge in [0, 0.05) is 6.54 Å². The number of unbranched alkanes of at least 4 members (excludes halogenated alkanes) is 1. The molecule has 0 aliphatic carbocycles. The Bertz CT molecular complexity index is 465. The van der Waals surface area contributed by atoms with Gasteiger partial charge in [-0.25, -0.2) is 4.39 Å². The van der Waals surface area contributed by atoms with Crippen LogP contribution in [0.5, 0.6) is 0 Å². The van der Waals surface area contributed by atoms with Crippen molar-refractivity contribution in [3.8, 4) is 0 Å². The summed E-state index contributed by atoms with van der Waals surface area (Å²) >= 11 is 5.84. The van der Waals surface area contributed by atoms with Crippen molar-refractivity contribution in [3.05, 3.63) is 34.6 Å². The van der Waals surface area contributed by atoms with Crippen LogP contribution in [-0.4, -0.2) is 37.0 Å². The summed E-state index contributed by atoms with van der Waals surface area (Å²) in [7, 11) is 0. The quantitative estimate of drug-likeness (QED) is 0.807. The van der Waals surface area contributed by atoms with E-state index in [-0.39, 0.29) is 23.3 Å². The standard InChI is InChI=1S/C15H20ClFN2O.ClH/c16-14-11-12(17)5-6-13(14)15(20)18-7-1-2-8-19-9-3-4-10-19;/h5-6,11H,1-4,7-10H2,(H,18,20);1H. The van der Waals surface area contributed by atoms with Crippen molar-refractivity contribution in [2.45, 2.75) is 25.7 Å². The number of hydrogen-bond acceptors (Lipinski definition) is 2. The third-order valence-electron chi connectivity index (χ3n) is 3.56. The summed E-state index contributed by atoms with van der Waals surface area (Å²) in [4.78, 5) is 14.3. The lowest BCUT2D eigenvalue weighted by Crippen LogP contribution is -2.26. The van der Waals surface area contributed by atoms with E-state index in [9.17, 15) is 9.18 Å². The van der Waals surface area contributed by atoms with Gasteiger partial charge in [-0.2, -0.15) is 0 Å². The molecule has 1 aliphatic rings. The fourth-order valence-electron chi connectivity index (χ4n) is 2.44. The maximum Gasteiger partial charge on any atom is 0.252 e. The molecule has 1 aromatic rings. The first-order chi connectivity index (χ1) is 9.66. The molecule has 1 amide bonds. The maximum absolute atomic E-state index is 12.9. The predicted molar refractivity (Wildman–Crippen MR) is 85.9 cm³/mol. The van der Waals surface area contributed by atoms with E-state index >= 15 is 0 Å². The SMILES string of the molecule is Cl.O=C(NCCCCN1CCCC1)c1ccc(F)cc1Cl. The number of nitrogens with zero attached hydrogens (tertiary/aromatic N) is 1. The van der Waals surface area contributed by atoms with Crippen LogP contribution in [0.2, 0.25) is 5.02 Å². The Balaban J connectivity index is 0.00000220. The van der Waals surface area contributed by atoms with Gasteiger partial charge in [0.1, 0.15) is 5.82 Å². The number of halogens is 3. The Hall–Kier alpha value is -0.840. The second-order valence-corrected chi connectivity index (χ2v) is 5.54. The van der Waals surface area contributed by atoms with Gasteiger partial charge in [-0.15, -0.1) is 12.4 Å². The average Bonchev–Trinajstić information content (AvgIpc) is 2.91. The van der Waals surface area contributed by atoms with Crippen LogP contribution in [0.3, 0.4) is 0 Å². The second kappa shape index (κ2) is 9.23. The minimum Gasteiger partial charge on any atom is -0.352 e. The Morgan fingerprint density at radius 3 is 2.67 bits per heavy atom. The average molecular weight is 335 g/mol. The molecule has 0 unspecified atom stereocenters. The summed E-state index contributed by atoms with van der Waals surface area (Å²) in [5.41, 5.74) is 0.326. The van der Waals surface area contributed by atoms with Crippen molar-refractivity contribution in [1.29, 1.82) is 0 Å². The highest BCUT2D eigenvalue weighted by Gasteiger charge is 2.12. The minimum atomic E-state index is -0.433. The van der Waals surface area contributed by atoms with E-state index < -0.39 is 5.82 Å². The number of hydrogen-bond donors (Lipinski definition) is 1. The molecule has 1 fully saturated rings. The van der Waals surface area contributed by atoms with Crippen LogP contribution >= 0.6 is 24.0 Å². The minimum absolute atomic E-state index is 0. The monoisotopic (exact) mass is 334 g/mol. The molecule has 1 saturated heterocycles. The third kappa shape index (κ3) is 5.81. The summed E-state index contributed by atoms with van der Waals surface area (Å²) in [6.45, 7) is 4.14. The van der Waals surface area contributed by atoms with Gasteiger partial charge >= 0.3 is 0 Å².